The number of rotatable bonds is 7. The van der Waals surface area contributed by atoms with E-state index in [2.05, 4.69) is 6.92 Å². The molecule has 13 heavy (non-hydrogen) atoms. The Morgan fingerprint density at radius 1 is 1.38 bits per heavy atom. The van der Waals surface area contributed by atoms with Gasteiger partial charge in [-0.25, -0.2) is 0 Å². The van der Waals surface area contributed by atoms with Gasteiger partial charge in [0, 0.05) is 7.11 Å². The van der Waals surface area contributed by atoms with Crippen LogP contribution in [-0.2, 0) is 4.74 Å². The van der Waals surface area contributed by atoms with Gasteiger partial charge in [0.05, 0.1) is 12.2 Å². The third-order valence-electron chi connectivity index (χ3n) is 2.57. The summed E-state index contributed by atoms with van der Waals surface area (Å²) in [5.41, 5.74) is 5.56. The molecule has 3 N–H and O–H groups in total. The SMILES string of the molecule is CCCC(OC)C(O)C(CC)CN. The van der Waals surface area contributed by atoms with E-state index in [0.717, 1.165) is 19.3 Å². The summed E-state index contributed by atoms with van der Waals surface area (Å²) in [6, 6.07) is 0. The van der Waals surface area contributed by atoms with Crippen molar-refractivity contribution >= 4 is 0 Å². The Morgan fingerprint density at radius 2 is 2.00 bits per heavy atom. The molecule has 0 amide bonds. The standard InChI is InChI=1S/C10H23NO2/c1-4-6-9(13-3)10(12)8(5-2)7-11/h8-10,12H,4-7,11H2,1-3H3. The van der Waals surface area contributed by atoms with Gasteiger partial charge < -0.3 is 15.6 Å². The van der Waals surface area contributed by atoms with Crippen molar-refractivity contribution in [3.8, 4) is 0 Å². The zero-order valence-corrected chi connectivity index (χ0v) is 8.99. The molecule has 0 radical (unpaired) electrons. The van der Waals surface area contributed by atoms with Crippen molar-refractivity contribution in [1.82, 2.24) is 0 Å². The maximum atomic E-state index is 9.89. The number of aliphatic hydroxyl groups is 1. The van der Waals surface area contributed by atoms with Crippen molar-refractivity contribution in [2.24, 2.45) is 11.7 Å². The van der Waals surface area contributed by atoms with Crippen molar-refractivity contribution in [2.75, 3.05) is 13.7 Å². The molecule has 0 rings (SSSR count). The van der Waals surface area contributed by atoms with Gasteiger partial charge in [-0.05, 0) is 25.3 Å². The third-order valence-corrected chi connectivity index (χ3v) is 2.57. The fourth-order valence-electron chi connectivity index (χ4n) is 1.56. The molecular formula is C10H23NO2. The van der Waals surface area contributed by atoms with E-state index >= 15 is 0 Å². The van der Waals surface area contributed by atoms with Crippen molar-refractivity contribution in [3.05, 3.63) is 0 Å². The van der Waals surface area contributed by atoms with Crippen LogP contribution in [0.25, 0.3) is 0 Å². The summed E-state index contributed by atoms with van der Waals surface area (Å²) in [6.45, 7) is 4.66. The first-order valence-electron chi connectivity index (χ1n) is 5.12. The molecule has 0 aliphatic carbocycles. The Balaban J connectivity index is 4.07. The first kappa shape index (κ1) is 12.9. The Bertz CT molecular complexity index is 115. The number of methoxy groups -OCH3 is 1. The number of hydrogen-bond acceptors (Lipinski definition) is 3. The van der Waals surface area contributed by atoms with Gasteiger partial charge in [-0.15, -0.1) is 0 Å². The summed E-state index contributed by atoms with van der Waals surface area (Å²) in [4.78, 5) is 0. The lowest BCUT2D eigenvalue weighted by molar-refractivity contribution is -0.0444. The van der Waals surface area contributed by atoms with Crippen molar-refractivity contribution < 1.29 is 9.84 Å². The molecular weight excluding hydrogens is 166 g/mol. The number of aliphatic hydroxyl groups excluding tert-OH is 1. The largest absolute Gasteiger partial charge is 0.390 e. The average molecular weight is 189 g/mol. The maximum Gasteiger partial charge on any atom is 0.0841 e. The van der Waals surface area contributed by atoms with Gasteiger partial charge in [0.1, 0.15) is 0 Å². The van der Waals surface area contributed by atoms with Crippen LogP contribution in [0.4, 0.5) is 0 Å². The molecule has 0 fully saturated rings. The van der Waals surface area contributed by atoms with Crippen LogP contribution in [0.15, 0.2) is 0 Å². The second-order valence-corrected chi connectivity index (χ2v) is 3.46. The number of nitrogens with two attached hydrogens (primary N) is 1. The van der Waals surface area contributed by atoms with E-state index < -0.39 is 6.10 Å². The van der Waals surface area contributed by atoms with Gasteiger partial charge in [-0.3, -0.25) is 0 Å². The van der Waals surface area contributed by atoms with Crippen LogP contribution >= 0.6 is 0 Å². The molecule has 3 unspecified atom stereocenters. The molecule has 0 aromatic heterocycles. The summed E-state index contributed by atoms with van der Waals surface area (Å²) < 4.78 is 5.23. The first-order chi connectivity index (χ1) is 6.21. The Hall–Kier alpha value is -0.120. The molecule has 0 bridgehead atoms. The van der Waals surface area contributed by atoms with Crippen LogP contribution in [0, 0.1) is 5.92 Å². The minimum atomic E-state index is -0.417. The van der Waals surface area contributed by atoms with Crippen LogP contribution < -0.4 is 5.73 Å². The van der Waals surface area contributed by atoms with Crippen molar-refractivity contribution in [1.29, 1.82) is 0 Å². The van der Waals surface area contributed by atoms with E-state index in [0.29, 0.717) is 6.54 Å². The second kappa shape index (κ2) is 7.30. The van der Waals surface area contributed by atoms with E-state index in [1.165, 1.54) is 0 Å². The van der Waals surface area contributed by atoms with Crippen LogP contribution in [0.5, 0.6) is 0 Å². The van der Waals surface area contributed by atoms with Gasteiger partial charge in [-0.2, -0.15) is 0 Å². The predicted molar refractivity (Wildman–Crippen MR) is 54.5 cm³/mol. The Morgan fingerprint density at radius 3 is 2.31 bits per heavy atom. The molecule has 0 heterocycles. The molecule has 0 aromatic carbocycles. The highest BCUT2D eigenvalue weighted by atomic mass is 16.5. The van der Waals surface area contributed by atoms with E-state index in [1.54, 1.807) is 7.11 Å². The normalized spacial score (nSPS) is 18.2. The summed E-state index contributed by atoms with van der Waals surface area (Å²) in [5, 5.41) is 9.89. The van der Waals surface area contributed by atoms with E-state index in [1.807, 2.05) is 6.92 Å². The van der Waals surface area contributed by atoms with Crippen LogP contribution in [0.3, 0.4) is 0 Å². The molecule has 0 saturated heterocycles. The van der Waals surface area contributed by atoms with Gasteiger partial charge in [0.2, 0.25) is 0 Å². The average Bonchev–Trinajstić information content (AvgIpc) is 2.15. The van der Waals surface area contributed by atoms with Crippen molar-refractivity contribution in [2.45, 2.75) is 45.3 Å². The fraction of sp³-hybridized carbons (Fsp3) is 1.00. The minimum Gasteiger partial charge on any atom is -0.390 e. The Kier molecular flexibility index (Phi) is 7.23. The quantitative estimate of drug-likeness (QED) is 0.631. The smallest absolute Gasteiger partial charge is 0.0841 e. The minimum absolute atomic E-state index is 0.0569. The van der Waals surface area contributed by atoms with Crippen molar-refractivity contribution in [3.63, 3.8) is 0 Å². The predicted octanol–water partition coefficient (Wildman–Crippen LogP) is 1.15. The third kappa shape index (κ3) is 4.07. The number of hydrogen-bond donors (Lipinski definition) is 2. The summed E-state index contributed by atoms with van der Waals surface area (Å²) in [6.07, 6.45) is 2.35. The lowest BCUT2D eigenvalue weighted by atomic mass is 9.93. The molecule has 0 aromatic rings. The highest BCUT2D eigenvalue weighted by Crippen LogP contribution is 2.16. The van der Waals surface area contributed by atoms with E-state index in [9.17, 15) is 5.11 Å². The molecule has 0 saturated carbocycles. The zero-order valence-electron chi connectivity index (χ0n) is 8.99. The topological polar surface area (TPSA) is 55.5 Å². The lowest BCUT2D eigenvalue weighted by Gasteiger charge is -2.27. The van der Waals surface area contributed by atoms with Crippen LogP contribution in [0.2, 0.25) is 0 Å². The van der Waals surface area contributed by atoms with Crippen LogP contribution in [0.1, 0.15) is 33.1 Å². The molecule has 3 nitrogen and oxygen atoms in total. The molecule has 0 aliphatic rings. The van der Waals surface area contributed by atoms with E-state index in [-0.39, 0.29) is 12.0 Å². The fourth-order valence-corrected chi connectivity index (χ4v) is 1.56. The molecule has 3 heteroatoms. The van der Waals surface area contributed by atoms with Crippen LogP contribution in [-0.4, -0.2) is 31.0 Å². The molecule has 80 valence electrons. The molecule has 3 atom stereocenters. The van der Waals surface area contributed by atoms with Gasteiger partial charge in [0.15, 0.2) is 0 Å². The summed E-state index contributed by atoms with van der Waals surface area (Å²) >= 11 is 0. The summed E-state index contributed by atoms with van der Waals surface area (Å²) in [7, 11) is 1.65. The summed E-state index contributed by atoms with van der Waals surface area (Å²) in [5.74, 6) is 0.163. The Labute approximate surface area is 81.3 Å². The maximum absolute atomic E-state index is 9.89. The highest BCUT2D eigenvalue weighted by Gasteiger charge is 2.24. The molecule has 0 spiro atoms. The highest BCUT2D eigenvalue weighted by molar-refractivity contribution is 4.76. The lowest BCUT2D eigenvalue weighted by Crippen LogP contribution is -2.38. The first-order valence-corrected chi connectivity index (χ1v) is 5.12. The number of ether oxygens (including phenoxy) is 1. The van der Waals surface area contributed by atoms with Gasteiger partial charge in [-0.1, -0.05) is 20.3 Å². The zero-order chi connectivity index (χ0) is 10.3. The monoisotopic (exact) mass is 189 g/mol. The van der Waals surface area contributed by atoms with E-state index in [4.69, 9.17) is 10.5 Å². The van der Waals surface area contributed by atoms with Gasteiger partial charge in [0.25, 0.3) is 0 Å². The second-order valence-electron chi connectivity index (χ2n) is 3.46. The van der Waals surface area contributed by atoms with Gasteiger partial charge >= 0.3 is 0 Å². The molecule has 0 aliphatic heterocycles.